The number of fused-ring (bicyclic) bond motifs is 1. The molecule has 1 unspecified atom stereocenters. The number of hydrogen-bond donors (Lipinski definition) is 1. The summed E-state index contributed by atoms with van der Waals surface area (Å²) in [6, 6.07) is 7.68. The Hall–Kier alpha value is -2.83. The fourth-order valence-corrected chi connectivity index (χ4v) is 4.27. The van der Waals surface area contributed by atoms with Gasteiger partial charge in [0, 0.05) is 34.2 Å². The molecule has 0 bridgehead atoms. The van der Waals surface area contributed by atoms with E-state index in [9.17, 15) is 9.59 Å². The molecule has 1 aromatic heterocycles. The SMILES string of the molecule is C=C(S/C(=C\C)c1cc(Cl)c2c(c1)CC(CNC(=O)/C=C/Cc1cccnc1)O2)C(C)=O. The summed E-state index contributed by atoms with van der Waals surface area (Å²) >= 11 is 7.81. The van der Waals surface area contributed by atoms with Gasteiger partial charge in [0.05, 0.1) is 11.6 Å². The van der Waals surface area contributed by atoms with Crippen LogP contribution in [0.15, 0.2) is 66.4 Å². The predicted molar refractivity (Wildman–Crippen MR) is 131 cm³/mol. The molecule has 1 atom stereocenters. The molecule has 1 aliphatic heterocycles. The minimum absolute atomic E-state index is 0.0600. The van der Waals surface area contributed by atoms with E-state index >= 15 is 0 Å². The highest BCUT2D eigenvalue weighted by molar-refractivity contribution is 8.12. The topological polar surface area (TPSA) is 68.3 Å². The minimum Gasteiger partial charge on any atom is -0.486 e. The number of ether oxygens (including phenoxy) is 1. The van der Waals surface area contributed by atoms with Gasteiger partial charge in [-0.3, -0.25) is 14.6 Å². The van der Waals surface area contributed by atoms with E-state index in [0.717, 1.165) is 21.6 Å². The number of benzene rings is 1. The van der Waals surface area contributed by atoms with Gasteiger partial charge in [0.1, 0.15) is 11.9 Å². The summed E-state index contributed by atoms with van der Waals surface area (Å²) < 4.78 is 5.97. The average Bonchev–Trinajstić information content (AvgIpc) is 3.20. The highest BCUT2D eigenvalue weighted by atomic mass is 35.5. The van der Waals surface area contributed by atoms with Crippen molar-refractivity contribution in [3.8, 4) is 5.75 Å². The monoisotopic (exact) mass is 468 g/mol. The molecule has 2 aromatic rings. The first kappa shape index (κ1) is 23.8. The Balaban J connectivity index is 1.57. The second-order valence-electron chi connectivity index (χ2n) is 7.34. The second kappa shape index (κ2) is 11.2. The van der Waals surface area contributed by atoms with E-state index in [1.807, 2.05) is 43.3 Å². The van der Waals surface area contributed by atoms with Crippen molar-refractivity contribution in [3.63, 3.8) is 0 Å². The number of halogens is 1. The molecule has 7 heteroatoms. The molecule has 1 amide bonds. The van der Waals surface area contributed by atoms with Gasteiger partial charge in [-0.15, -0.1) is 0 Å². The molecule has 0 spiro atoms. The van der Waals surface area contributed by atoms with Crippen LogP contribution in [0.4, 0.5) is 0 Å². The van der Waals surface area contributed by atoms with Crippen molar-refractivity contribution >= 4 is 40.0 Å². The van der Waals surface area contributed by atoms with Crippen molar-refractivity contribution in [2.75, 3.05) is 6.54 Å². The van der Waals surface area contributed by atoms with Gasteiger partial charge in [0.25, 0.3) is 0 Å². The first-order valence-electron chi connectivity index (χ1n) is 10.2. The Morgan fingerprint density at radius 2 is 2.22 bits per heavy atom. The number of nitrogens with zero attached hydrogens (tertiary/aromatic N) is 1. The van der Waals surface area contributed by atoms with Crippen molar-refractivity contribution in [3.05, 3.63) is 88.1 Å². The first-order valence-corrected chi connectivity index (χ1v) is 11.4. The maximum atomic E-state index is 12.1. The molecule has 0 saturated carbocycles. The summed E-state index contributed by atoms with van der Waals surface area (Å²) in [5.41, 5.74) is 2.93. The number of ketones is 1. The maximum Gasteiger partial charge on any atom is 0.243 e. The van der Waals surface area contributed by atoms with E-state index in [2.05, 4.69) is 16.9 Å². The largest absolute Gasteiger partial charge is 0.486 e. The van der Waals surface area contributed by atoms with Crippen molar-refractivity contribution in [1.29, 1.82) is 0 Å². The number of carbonyl (C=O) groups is 2. The normalized spacial score (nSPS) is 15.3. The zero-order valence-corrected chi connectivity index (χ0v) is 19.6. The number of rotatable bonds is 9. The summed E-state index contributed by atoms with van der Waals surface area (Å²) in [6.45, 7) is 7.61. The van der Waals surface area contributed by atoms with Crippen molar-refractivity contribution in [1.82, 2.24) is 10.3 Å². The van der Waals surface area contributed by atoms with Gasteiger partial charge >= 0.3 is 0 Å². The number of nitrogens with one attached hydrogen (secondary N) is 1. The molecule has 5 nitrogen and oxygen atoms in total. The third kappa shape index (κ3) is 6.34. The molecule has 0 fully saturated rings. The lowest BCUT2D eigenvalue weighted by atomic mass is 10.1. The first-order chi connectivity index (χ1) is 15.4. The van der Waals surface area contributed by atoms with Crippen LogP contribution in [-0.2, 0) is 22.4 Å². The molecular formula is C25H25ClN2O3S. The summed E-state index contributed by atoms with van der Waals surface area (Å²) in [7, 11) is 0. The number of carbonyl (C=O) groups excluding carboxylic acids is 2. The summed E-state index contributed by atoms with van der Waals surface area (Å²) in [5.74, 6) is 0.415. The number of allylic oxidation sites excluding steroid dienone is 3. The lowest BCUT2D eigenvalue weighted by molar-refractivity contribution is -0.117. The van der Waals surface area contributed by atoms with E-state index in [4.69, 9.17) is 16.3 Å². The molecule has 3 rings (SSSR count). The van der Waals surface area contributed by atoms with Crippen LogP contribution in [0.25, 0.3) is 4.91 Å². The van der Waals surface area contributed by atoms with E-state index in [1.165, 1.54) is 24.8 Å². The van der Waals surface area contributed by atoms with Crippen LogP contribution in [0.5, 0.6) is 5.75 Å². The van der Waals surface area contributed by atoms with E-state index < -0.39 is 0 Å². The Morgan fingerprint density at radius 1 is 1.41 bits per heavy atom. The number of hydrogen-bond acceptors (Lipinski definition) is 5. The highest BCUT2D eigenvalue weighted by Crippen LogP contribution is 2.41. The molecule has 1 aromatic carbocycles. The van der Waals surface area contributed by atoms with E-state index in [-0.39, 0.29) is 17.8 Å². The van der Waals surface area contributed by atoms with Crippen LogP contribution in [0.2, 0.25) is 5.02 Å². The molecular weight excluding hydrogens is 444 g/mol. The minimum atomic E-state index is -0.192. The van der Waals surface area contributed by atoms with Gasteiger partial charge in [0.2, 0.25) is 5.91 Å². The zero-order chi connectivity index (χ0) is 23.1. The summed E-state index contributed by atoms with van der Waals surface area (Å²) in [6.07, 6.45) is 9.85. The quantitative estimate of drug-likeness (QED) is 0.515. The standard InChI is InChI=1S/C25H25ClN2O3S/c1-4-23(32-17(3)16(2)29)19-11-20-12-21(31-25(20)22(26)13-19)15-28-24(30)9-5-7-18-8-6-10-27-14-18/h4-6,8-11,13-14,21H,3,7,12,15H2,1-2H3,(H,28,30)/b9-5+,23-4-. The second-order valence-corrected chi connectivity index (χ2v) is 8.88. The van der Waals surface area contributed by atoms with Gasteiger partial charge < -0.3 is 10.1 Å². The smallest absolute Gasteiger partial charge is 0.243 e. The number of amides is 1. The van der Waals surface area contributed by atoms with Gasteiger partial charge in [-0.25, -0.2) is 0 Å². The number of pyridine rings is 1. The molecule has 0 saturated heterocycles. The predicted octanol–water partition coefficient (Wildman–Crippen LogP) is 5.15. The van der Waals surface area contributed by atoms with Gasteiger partial charge in [-0.05, 0) is 55.7 Å². The lowest BCUT2D eigenvalue weighted by Gasteiger charge is -2.12. The average molecular weight is 469 g/mol. The maximum absolute atomic E-state index is 12.1. The van der Waals surface area contributed by atoms with Gasteiger partial charge in [-0.2, -0.15) is 0 Å². The van der Waals surface area contributed by atoms with Gasteiger partial charge in [-0.1, -0.05) is 48.2 Å². The number of aromatic nitrogens is 1. The van der Waals surface area contributed by atoms with E-state index in [1.54, 1.807) is 12.4 Å². The molecule has 1 N–H and O–H groups in total. The fraction of sp³-hybridized carbons (Fsp3) is 0.240. The molecule has 166 valence electrons. The number of thioether (sulfide) groups is 1. The molecule has 0 radical (unpaired) electrons. The van der Waals surface area contributed by atoms with Crippen LogP contribution >= 0.6 is 23.4 Å². The van der Waals surface area contributed by atoms with Crippen LogP contribution in [0.3, 0.4) is 0 Å². The Labute approximate surface area is 197 Å². The Bertz CT molecular complexity index is 1080. The van der Waals surface area contributed by atoms with Crippen LogP contribution < -0.4 is 10.1 Å². The fourth-order valence-electron chi connectivity index (χ4n) is 3.23. The van der Waals surface area contributed by atoms with Crippen LogP contribution in [-0.4, -0.2) is 29.3 Å². The summed E-state index contributed by atoms with van der Waals surface area (Å²) in [4.78, 5) is 29.1. The molecule has 2 heterocycles. The lowest BCUT2D eigenvalue weighted by Crippen LogP contribution is -2.33. The van der Waals surface area contributed by atoms with Crippen LogP contribution in [0, 0.1) is 0 Å². The van der Waals surface area contributed by atoms with Crippen molar-refractivity contribution < 1.29 is 14.3 Å². The molecule has 1 aliphatic rings. The molecule has 32 heavy (non-hydrogen) atoms. The number of Topliss-reactive ketones (excluding diaryl/α,β-unsaturated/α-hetero) is 1. The van der Waals surface area contributed by atoms with Crippen molar-refractivity contribution in [2.45, 2.75) is 32.8 Å². The highest BCUT2D eigenvalue weighted by Gasteiger charge is 2.26. The van der Waals surface area contributed by atoms with E-state index in [0.29, 0.717) is 35.1 Å². The van der Waals surface area contributed by atoms with Crippen molar-refractivity contribution in [2.24, 2.45) is 0 Å². The summed E-state index contributed by atoms with van der Waals surface area (Å²) in [5, 5.41) is 3.39. The zero-order valence-electron chi connectivity index (χ0n) is 18.1. The molecule has 0 aliphatic carbocycles. The third-order valence-electron chi connectivity index (χ3n) is 4.87. The third-order valence-corrected chi connectivity index (χ3v) is 6.38. The Kier molecular flexibility index (Phi) is 8.31. The van der Waals surface area contributed by atoms with Crippen LogP contribution in [0.1, 0.15) is 30.5 Å². The Morgan fingerprint density at radius 3 is 2.91 bits per heavy atom. The van der Waals surface area contributed by atoms with Gasteiger partial charge in [0.15, 0.2) is 5.78 Å².